The molecular weight excluding hydrogens is 401 g/mol. The Morgan fingerprint density at radius 1 is 1.29 bits per heavy atom. The number of esters is 1. The van der Waals surface area contributed by atoms with Crippen molar-refractivity contribution in [1.82, 2.24) is 5.32 Å². The van der Waals surface area contributed by atoms with Crippen molar-refractivity contribution in [3.63, 3.8) is 0 Å². The minimum absolute atomic E-state index is 0. The maximum absolute atomic E-state index is 12.6. The highest BCUT2D eigenvalue weighted by atomic mass is 35.5. The molecule has 1 spiro atoms. The maximum Gasteiger partial charge on any atom is 0.422 e. The predicted molar refractivity (Wildman–Crippen MR) is 97.9 cm³/mol. The molecule has 3 rings (SSSR count). The highest BCUT2D eigenvalue weighted by molar-refractivity contribution is 5.97. The summed E-state index contributed by atoms with van der Waals surface area (Å²) in [6.07, 6.45) is -1.95. The first-order chi connectivity index (χ1) is 12.7. The Bertz CT molecular complexity index is 736. The Morgan fingerprint density at radius 3 is 2.57 bits per heavy atom. The largest absolute Gasteiger partial charge is 0.482 e. The summed E-state index contributed by atoms with van der Waals surface area (Å²) in [5.41, 5.74) is 0.135. The second-order valence-corrected chi connectivity index (χ2v) is 6.96. The first kappa shape index (κ1) is 22.3. The van der Waals surface area contributed by atoms with Crippen LogP contribution < -0.4 is 15.4 Å². The third-order valence-corrected chi connectivity index (χ3v) is 5.16. The summed E-state index contributed by atoms with van der Waals surface area (Å²) < 4.78 is 47.0. The molecule has 10 heteroatoms. The number of amides is 1. The average Bonchev–Trinajstić information content (AvgIpc) is 3.33. The minimum Gasteiger partial charge on any atom is -0.482 e. The number of ether oxygens (including phenoxy) is 2. The number of nitrogens with one attached hydrogen (secondary N) is 2. The third kappa shape index (κ3) is 5.08. The summed E-state index contributed by atoms with van der Waals surface area (Å²) in [4.78, 5) is 24.2. The van der Waals surface area contributed by atoms with E-state index in [4.69, 9.17) is 4.74 Å². The van der Waals surface area contributed by atoms with Crippen molar-refractivity contribution in [2.45, 2.75) is 25.4 Å². The number of anilines is 1. The zero-order valence-corrected chi connectivity index (χ0v) is 16.0. The van der Waals surface area contributed by atoms with E-state index in [0.717, 1.165) is 38.4 Å². The monoisotopic (exact) mass is 422 g/mol. The second-order valence-electron chi connectivity index (χ2n) is 6.96. The topological polar surface area (TPSA) is 76.7 Å². The molecule has 1 aromatic carbocycles. The first-order valence-corrected chi connectivity index (χ1v) is 8.68. The van der Waals surface area contributed by atoms with Crippen LogP contribution in [0.15, 0.2) is 18.2 Å². The van der Waals surface area contributed by atoms with Crippen molar-refractivity contribution < 1.29 is 32.2 Å². The Kier molecular flexibility index (Phi) is 6.82. The van der Waals surface area contributed by atoms with Gasteiger partial charge in [-0.25, -0.2) is 4.79 Å². The number of hydrogen-bond donors (Lipinski definition) is 2. The molecule has 1 aromatic rings. The van der Waals surface area contributed by atoms with Gasteiger partial charge in [-0.3, -0.25) is 4.79 Å². The molecular formula is C18H22ClF3N2O4. The van der Waals surface area contributed by atoms with Crippen molar-refractivity contribution >= 4 is 30.0 Å². The standard InChI is InChI=1S/C18H21F3N2O4.ClH/c1-26-16(25)11-2-3-13(14(8-11)27-10-18(19,20)21)23-15(24)12-9-17(12)4-6-22-7-5-17;/h2-3,8,12,22H,4-7,9-10H2,1H3,(H,23,24);1H. The minimum atomic E-state index is -4.54. The Hall–Kier alpha value is -2.00. The quantitative estimate of drug-likeness (QED) is 0.713. The van der Waals surface area contributed by atoms with Crippen LogP contribution in [0.2, 0.25) is 0 Å². The van der Waals surface area contributed by atoms with E-state index in [-0.39, 0.29) is 46.6 Å². The van der Waals surface area contributed by atoms with Gasteiger partial charge in [-0.05, 0) is 56.0 Å². The van der Waals surface area contributed by atoms with Crippen LogP contribution in [0.5, 0.6) is 5.75 Å². The number of methoxy groups -OCH3 is 1. The lowest BCUT2D eigenvalue weighted by Crippen LogP contribution is -2.31. The van der Waals surface area contributed by atoms with Crippen LogP contribution in [-0.2, 0) is 9.53 Å². The zero-order chi connectivity index (χ0) is 19.7. The molecule has 28 heavy (non-hydrogen) atoms. The van der Waals surface area contributed by atoms with Crippen LogP contribution in [0, 0.1) is 11.3 Å². The number of piperidine rings is 1. The summed E-state index contributed by atoms with van der Waals surface area (Å²) in [7, 11) is 1.17. The van der Waals surface area contributed by atoms with E-state index in [1.165, 1.54) is 19.2 Å². The molecule has 1 saturated heterocycles. The third-order valence-electron chi connectivity index (χ3n) is 5.16. The highest BCUT2D eigenvalue weighted by Crippen LogP contribution is 2.58. The molecule has 1 heterocycles. The number of carbonyl (C=O) groups is 2. The number of benzene rings is 1. The molecule has 2 N–H and O–H groups in total. The lowest BCUT2D eigenvalue weighted by molar-refractivity contribution is -0.153. The average molecular weight is 423 g/mol. The summed E-state index contributed by atoms with van der Waals surface area (Å²) in [5.74, 6) is -1.32. The molecule has 1 unspecified atom stereocenters. The van der Waals surface area contributed by atoms with E-state index >= 15 is 0 Å². The molecule has 6 nitrogen and oxygen atoms in total. The molecule has 156 valence electrons. The van der Waals surface area contributed by atoms with Crippen molar-refractivity contribution in [3.8, 4) is 5.75 Å². The number of hydrogen-bond acceptors (Lipinski definition) is 5. The molecule has 2 fully saturated rings. The Labute approximate surface area is 166 Å². The molecule has 1 aliphatic heterocycles. The summed E-state index contributed by atoms with van der Waals surface area (Å²) in [6, 6.07) is 3.86. The molecule has 1 saturated carbocycles. The number of rotatable bonds is 5. The fraction of sp³-hybridized carbons (Fsp3) is 0.556. The van der Waals surface area contributed by atoms with Crippen molar-refractivity contribution in [3.05, 3.63) is 23.8 Å². The fourth-order valence-electron chi connectivity index (χ4n) is 3.56. The van der Waals surface area contributed by atoms with Gasteiger partial charge in [0.2, 0.25) is 5.91 Å². The van der Waals surface area contributed by atoms with Gasteiger partial charge < -0.3 is 20.1 Å². The first-order valence-electron chi connectivity index (χ1n) is 8.68. The van der Waals surface area contributed by atoms with E-state index in [1.54, 1.807) is 0 Å². The number of carbonyl (C=O) groups excluding carboxylic acids is 2. The van der Waals surface area contributed by atoms with Crippen LogP contribution in [0.3, 0.4) is 0 Å². The van der Waals surface area contributed by atoms with Crippen molar-refractivity contribution in [2.24, 2.45) is 11.3 Å². The number of alkyl halides is 3. The Balaban J connectivity index is 0.00000280. The second kappa shape index (κ2) is 8.57. The summed E-state index contributed by atoms with van der Waals surface area (Å²) >= 11 is 0. The molecule has 1 atom stereocenters. The zero-order valence-electron chi connectivity index (χ0n) is 15.2. The van der Waals surface area contributed by atoms with Gasteiger partial charge in [0.15, 0.2) is 6.61 Å². The van der Waals surface area contributed by atoms with Crippen LogP contribution in [-0.4, -0.2) is 44.9 Å². The van der Waals surface area contributed by atoms with Gasteiger partial charge >= 0.3 is 12.1 Å². The van der Waals surface area contributed by atoms with E-state index in [9.17, 15) is 22.8 Å². The molecule has 0 aromatic heterocycles. The molecule has 0 radical (unpaired) electrons. The molecule has 1 aliphatic carbocycles. The summed E-state index contributed by atoms with van der Waals surface area (Å²) in [6.45, 7) is 0.189. The van der Waals surface area contributed by atoms with Gasteiger partial charge in [-0.1, -0.05) is 0 Å². The van der Waals surface area contributed by atoms with E-state index in [2.05, 4.69) is 15.4 Å². The molecule has 1 amide bonds. The fourth-order valence-corrected chi connectivity index (χ4v) is 3.56. The van der Waals surface area contributed by atoms with Gasteiger partial charge in [0.25, 0.3) is 0 Å². The van der Waals surface area contributed by atoms with Crippen LogP contribution in [0.25, 0.3) is 0 Å². The van der Waals surface area contributed by atoms with Crippen LogP contribution in [0.4, 0.5) is 18.9 Å². The molecule has 0 bridgehead atoms. The highest BCUT2D eigenvalue weighted by Gasteiger charge is 2.57. The van der Waals surface area contributed by atoms with Crippen molar-refractivity contribution in [1.29, 1.82) is 0 Å². The van der Waals surface area contributed by atoms with E-state index in [0.29, 0.717) is 0 Å². The van der Waals surface area contributed by atoms with Gasteiger partial charge in [-0.15, -0.1) is 12.4 Å². The van der Waals surface area contributed by atoms with E-state index in [1.807, 2.05) is 0 Å². The van der Waals surface area contributed by atoms with Crippen LogP contribution in [0.1, 0.15) is 29.6 Å². The smallest absolute Gasteiger partial charge is 0.422 e. The SMILES string of the molecule is COC(=O)c1ccc(NC(=O)C2CC23CCNCC3)c(OCC(F)(F)F)c1.Cl. The van der Waals surface area contributed by atoms with Gasteiger partial charge in [0, 0.05) is 5.92 Å². The Morgan fingerprint density at radius 2 is 1.96 bits per heavy atom. The lowest BCUT2D eigenvalue weighted by Gasteiger charge is -2.23. The number of halogens is 4. The normalized spacial score (nSPS) is 20.1. The maximum atomic E-state index is 12.6. The lowest BCUT2D eigenvalue weighted by atomic mass is 9.92. The van der Waals surface area contributed by atoms with Crippen LogP contribution >= 0.6 is 12.4 Å². The van der Waals surface area contributed by atoms with Gasteiger partial charge in [-0.2, -0.15) is 13.2 Å². The summed E-state index contributed by atoms with van der Waals surface area (Å²) in [5, 5.41) is 5.91. The van der Waals surface area contributed by atoms with Gasteiger partial charge in [0.05, 0.1) is 18.4 Å². The van der Waals surface area contributed by atoms with E-state index < -0.39 is 18.8 Å². The molecule has 2 aliphatic rings. The van der Waals surface area contributed by atoms with Gasteiger partial charge in [0.1, 0.15) is 5.75 Å². The van der Waals surface area contributed by atoms with Crippen molar-refractivity contribution in [2.75, 3.05) is 32.1 Å². The predicted octanol–water partition coefficient (Wildman–Crippen LogP) is 3.16.